The Bertz CT molecular complexity index is 1080. The predicted molar refractivity (Wildman–Crippen MR) is 122 cm³/mol. The molecule has 1 heterocycles. The number of ether oxygens (including phenoxy) is 3. The third-order valence-corrected chi connectivity index (χ3v) is 5.03. The number of nitrogens with zero attached hydrogens (tertiary/aromatic N) is 2. The molecule has 0 fully saturated rings. The molecule has 0 aliphatic heterocycles. The van der Waals surface area contributed by atoms with Gasteiger partial charge in [-0.2, -0.15) is 0 Å². The molecule has 0 N–H and O–H groups in total. The Kier molecular flexibility index (Phi) is 8.16. The third-order valence-electron chi connectivity index (χ3n) is 5.03. The molecule has 7 nitrogen and oxygen atoms in total. The maximum Gasteiger partial charge on any atom is 0.335 e. The highest BCUT2D eigenvalue weighted by atomic mass is 16.6. The Morgan fingerprint density at radius 2 is 1.81 bits per heavy atom. The second-order valence-corrected chi connectivity index (χ2v) is 7.21. The van der Waals surface area contributed by atoms with Gasteiger partial charge >= 0.3 is 5.97 Å². The van der Waals surface area contributed by atoms with Gasteiger partial charge in [-0.15, -0.1) is 0 Å². The summed E-state index contributed by atoms with van der Waals surface area (Å²) in [5.41, 5.74) is 2.40. The molecule has 7 heteroatoms. The number of methoxy groups -OCH3 is 1. The lowest BCUT2D eigenvalue weighted by atomic mass is 10.1. The van der Waals surface area contributed by atoms with Gasteiger partial charge < -0.3 is 14.2 Å². The quantitative estimate of drug-likeness (QED) is 0.453. The molecule has 168 valence electrons. The fraction of sp³-hybridized carbons (Fsp3) is 0.320. The molecule has 1 unspecified atom stereocenters. The van der Waals surface area contributed by atoms with E-state index in [1.165, 1.54) is 7.11 Å². The first-order valence-electron chi connectivity index (χ1n) is 10.6. The summed E-state index contributed by atoms with van der Waals surface area (Å²) >= 11 is 0. The number of aromatic nitrogens is 2. The molecule has 3 aromatic rings. The highest BCUT2D eigenvalue weighted by molar-refractivity contribution is 5.75. The number of aryl methyl sites for hydroxylation is 1. The molecule has 3 rings (SSSR count). The van der Waals surface area contributed by atoms with Crippen LogP contribution in [0.4, 0.5) is 0 Å². The summed E-state index contributed by atoms with van der Waals surface area (Å²) in [4.78, 5) is 28.9. The molecule has 0 aliphatic rings. The second-order valence-electron chi connectivity index (χ2n) is 7.21. The fourth-order valence-electron chi connectivity index (χ4n) is 3.38. The van der Waals surface area contributed by atoms with Crippen molar-refractivity contribution in [3.8, 4) is 17.0 Å². The number of rotatable bonds is 10. The van der Waals surface area contributed by atoms with Gasteiger partial charge in [0.15, 0.2) is 6.10 Å². The van der Waals surface area contributed by atoms with E-state index in [4.69, 9.17) is 14.2 Å². The number of carbonyl (C=O) groups is 1. The number of benzene rings is 2. The van der Waals surface area contributed by atoms with Crippen LogP contribution >= 0.6 is 0 Å². The van der Waals surface area contributed by atoms with Gasteiger partial charge in [0.2, 0.25) is 0 Å². The first kappa shape index (κ1) is 23.2. The Hall–Kier alpha value is -3.45. The van der Waals surface area contributed by atoms with E-state index < -0.39 is 6.10 Å². The average molecular weight is 437 g/mol. The molecule has 0 saturated heterocycles. The molecule has 32 heavy (non-hydrogen) atoms. The van der Waals surface area contributed by atoms with Crippen LogP contribution in [0.5, 0.6) is 5.75 Å². The second kappa shape index (κ2) is 11.2. The molecule has 0 spiro atoms. The van der Waals surface area contributed by atoms with Gasteiger partial charge in [0.25, 0.3) is 5.56 Å². The minimum absolute atomic E-state index is 0.111. The van der Waals surface area contributed by atoms with Crippen molar-refractivity contribution in [3.63, 3.8) is 0 Å². The summed E-state index contributed by atoms with van der Waals surface area (Å²) in [7, 11) is 1.35. The summed E-state index contributed by atoms with van der Waals surface area (Å²) in [6, 6.07) is 18.6. The normalized spacial score (nSPS) is 11.7. The van der Waals surface area contributed by atoms with Gasteiger partial charge in [-0.1, -0.05) is 42.5 Å². The van der Waals surface area contributed by atoms with Crippen molar-refractivity contribution in [3.05, 3.63) is 82.4 Å². The van der Waals surface area contributed by atoms with Gasteiger partial charge in [-0.05, 0) is 31.5 Å². The van der Waals surface area contributed by atoms with Crippen LogP contribution in [0.3, 0.4) is 0 Å². The molecule has 0 radical (unpaired) electrons. The summed E-state index contributed by atoms with van der Waals surface area (Å²) in [5.74, 6) is 0.930. The number of esters is 1. The van der Waals surface area contributed by atoms with E-state index in [9.17, 15) is 9.59 Å². The minimum atomic E-state index is -0.627. The maximum absolute atomic E-state index is 12.6. The SMILES string of the molecule is CCOC(Cc1ccc(OCCn2c(C)nc(-c3ccccc3)cc2=O)cc1)C(=O)OC. The molecule has 0 amide bonds. The van der Waals surface area contributed by atoms with E-state index in [2.05, 4.69) is 4.98 Å². The smallest absolute Gasteiger partial charge is 0.335 e. The number of carbonyl (C=O) groups excluding carboxylic acids is 1. The lowest BCUT2D eigenvalue weighted by Crippen LogP contribution is -2.28. The van der Waals surface area contributed by atoms with Crippen molar-refractivity contribution in [2.24, 2.45) is 0 Å². The van der Waals surface area contributed by atoms with Crippen LogP contribution in [0, 0.1) is 6.92 Å². The fourth-order valence-corrected chi connectivity index (χ4v) is 3.38. The zero-order chi connectivity index (χ0) is 22.9. The van der Waals surface area contributed by atoms with E-state index in [0.717, 1.165) is 11.1 Å². The Morgan fingerprint density at radius 1 is 1.09 bits per heavy atom. The van der Waals surface area contributed by atoms with Crippen LogP contribution in [-0.2, 0) is 27.2 Å². The lowest BCUT2D eigenvalue weighted by Gasteiger charge is -2.15. The predicted octanol–water partition coefficient (Wildman–Crippen LogP) is 3.42. The van der Waals surface area contributed by atoms with Gasteiger partial charge in [-0.3, -0.25) is 9.36 Å². The van der Waals surface area contributed by atoms with Crippen molar-refractivity contribution >= 4 is 5.97 Å². The van der Waals surface area contributed by atoms with Crippen LogP contribution in [-0.4, -0.2) is 41.9 Å². The topological polar surface area (TPSA) is 79.7 Å². The van der Waals surface area contributed by atoms with Crippen LogP contribution < -0.4 is 10.3 Å². The average Bonchev–Trinajstić information content (AvgIpc) is 2.81. The van der Waals surface area contributed by atoms with Crippen LogP contribution in [0.1, 0.15) is 18.3 Å². The highest BCUT2D eigenvalue weighted by Gasteiger charge is 2.19. The van der Waals surface area contributed by atoms with Crippen molar-refractivity contribution in [2.45, 2.75) is 32.9 Å². The molecular weight excluding hydrogens is 408 g/mol. The molecular formula is C25H28N2O5. The van der Waals surface area contributed by atoms with Gasteiger partial charge in [0.05, 0.1) is 19.3 Å². The van der Waals surface area contributed by atoms with E-state index in [1.807, 2.05) is 68.4 Å². The summed E-state index contributed by atoms with van der Waals surface area (Å²) in [6.07, 6.45) is -0.201. The van der Waals surface area contributed by atoms with Gasteiger partial charge in [-0.25, -0.2) is 9.78 Å². The number of hydrogen-bond acceptors (Lipinski definition) is 6. The molecule has 1 aromatic heterocycles. The molecule has 0 bridgehead atoms. The van der Waals surface area contributed by atoms with Crippen LogP contribution in [0.2, 0.25) is 0 Å². The van der Waals surface area contributed by atoms with Crippen molar-refractivity contribution in [2.75, 3.05) is 20.3 Å². The van der Waals surface area contributed by atoms with Crippen molar-refractivity contribution < 1.29 is 19.0 Å². The minimum Gasteiger partial charge on any atom is -0.492 e. The monoisotopic (exact) mass is 436 g/mol. The first-order chi connectivity index (χ1) is 15.5. The van der Waals surface area contributed by atoms with Crippen molar-refractivity contribution in [1.29, 1.82) is 0 Å². The van der Waals surface area contributed by atoms with Gasteiger partial charge in [0, 0.05) is 24.7 Å². The maximum atomic E-state index is 12.6. The molecule has 0 saturated carbocycles. The standard InChI is InChI=1S/C25H28N2O5/c1-4-31-23(25(29)30-3)16-19-10-12-21(13-11-19)32-15-14-27-18(2)26-22(17-24(27)28)20-8-6-5-7-9-20/h5-13,17,23H,4,14-16H2,1-3H3. The van der Waals surface area contributed by atoms with Crippen molar-refractivity contribution in [1.82, 2.24) is 9.55 Å². The first-order valence-corrected chi connectivity index (χ1v) is 10.6. The lowest BCUT2D eigenvalue weighted by molar-refractivity contribution is -0.153. The zero-order valence-electron chi connectivity index (χ0n) is 18.6. The highest BCUT2D eigenvalue weighted by Crippen LogP contribution is 2.16. The van der Waals surface area contributed by atoms with E-state index >= 15 is 0 Å². The van der Waals surface area contributed by atoms with E-state index in [-0.39, 0.29) is 11.5 Å². The van der Waals surface area contributed by atoms with Gasteiger partial charge in [0.1, 0.15) is 18.2 Å². The largest absolute Gasteiger partial charge is 0.492 e. The summed E-state index contributed by atoms with van der Waals surface area (Å²) in [5, 5.41) is 0. The van der Waals surface area contributed by atoms with Crippen LogP contribution in [0.15, 0.2) is 65.5 Å². The Labute approximate surface area is 187 Å². The third kappa shape index (κ3) is 6.04. The molecule has 1 atom stereocenters. The summed E-state index contributed by atoms with van der Waals surface area (Å²) < 4.78 is 17.6. The number of hydrogen-bond donors (Lipinski definition) is 0. The van der Waals surface area contributed by atoms with Crippen LogP contribution in [0.25, 0.3) is 11.3 Å². The van der Waals surface area contributed by atoms with E-state index in [0.29, 0.717) is 43.4 Å². The summed E-state index contributed by atoms with van der Waals surface area (Å²) in [6.45, 7) is 4.81. The molecule has 0 aliphatic carbocycles. The Morgan fingerprint density at radius 3 is 2.44 bits per heavy atom. The van der Waals surface area contributed by atoms with E-state index in [1.54, 1.807) is 10.6 Å². The Balaban J connectivity index is 1.58. The zero-order valence-corrected chi connectivity index (χ0v) is 18.6. The molecule has 2 aromatic carbocycles.